The third-order valence-corrected chi connectivity index (χ3v) is 4.36. The molecule has 3 rings (SSSR count). The maximum atomic E-state index is 14.4. The summed E-state index contributed by atoms with van der Waals surface area (Å²) in [4.78, 5) is 11.8. The highest BCUT2D eigenvalue weighted by Gasteiger charge is 2.21. The van der Waals surface area contributed by atoms with Crippen LogP contribution in [-0.2, 0) is 7.05 Å². The summed E-state index contributed by atoms with van der Waals surface area (Å²) >= 11 is 5.82. The van der Waals surface area contributed by atoms with Crippen molar-refractivity contribution in [2.75, 3.05) is 0 Å². The highest BCUT2D eigenvalue weighted by Crippen LogP contribution is 2.36. The van der Waals surface area contributed by atoms with Gasteiger partial charge in [0.1, 0.15) is 11.5 Å². The zero-order valence-electron chi connectivity index (χ0n) is 13.0. The number of nitrogens with two attached hydrogens (primary N) is 1. The summed E-state index contributed by atoms with van der Waals surface area (Å²) in [6.45, 7) is 1.76. The van der Waals surface area contributed by atoms with Crippen LogP contribution in [0.25, 0.3) is 22.0 Å². The number of aryl methyl sites for hydroxylation is 2. The van der Waals surface area contributed by atoms with E-state index in [1.807, 2.05) is 0 Å². The quantitative estimate of drug-likeness (QED) is 0.767. The Bertz CT molecular complexity index is 1050. The molecule has 0 atom stereocenters. The van der Waals surface area contributed by atoms with Crippen LogP contribution in [0.4, 0.5) is 4.39 Å². The van der Waals surface area contributed by atoms with Gasteiger partial charge in [-0.05, 0) is 42.8 Å². The Kier molecular flexibility index (Phi) is 3.78. The second kappa shape index (κ2) is 5.66. The van der Waals surface area contributed by atoms with Gasteiger partial charge in [-0.1, -0.05) is 11.6 Å². The lowest BCUT2D eigenvalue weighted by atomic mass is 9.98. The Morgan fingerprint density at radius 3 is 2.58 bits per heavy atom. The van der Waals surface area contributed by atoms with Crippen LogP contribution in [0.3, 0.4) is 0 Å². The van der Waals surface area contributed by atoms with E-state index in [2.05, 4.69) is 6.07 Å². The highest BCUT2D eigenvalue weighted by molar-refractivity contribution is 6.30. The molecule has 6 heteroatoms. The Labute approximate surface area is 142 Å². The maximum Gasteiger partial charge on any atom is 0.265 e. The number of primary amides is 1. The van der Waals surface area contributed by atoms with Gasteiger partial charge in [-0.2, -0.15) is 5.26 Å². The standard InChI is InChI=1S/C18H13ClFN3O/c1-9-13-5-10(8-21)6-14(12-4-3-11(19)7-15(12)20)17(13)23(2)16(9)18(22)24/h3-7H,1-2H3,(H2,22,24). The number of benzene rings is 2. The topological polar surface area (TPSA) is 71.8 Å². The summed E-state index contributed by atoms with van der Waals surface area (Å²) in [5, 5.41) is 10.3. The Morgan fingerprint density at radius 2 is 2.00 bits per heavy atom. The first-order valence-electron chi connectivity index (χ1n) is 7.13. The molecule has 120 valence electrons. The number of hydrogen-bond acceptors (Lipinski definition) is 2. The molecule has 1 amide bonds. The zero-order chi connectivity index (χ0) is 17.6. The molecule has 2 aromatic carbocycles. The summed E-state index contributed by atoms with van der Waals surface area (Å²) in [7, 11) is 1.69. The van der Waals surface area contributed by atoms with Crippen LogP contribution < -0.4 is 5.73 Å². The van der Waals surface area contributed by atoms with Gasteiger partial charge in [0.25, 0.3) is 5.91 Å². The van der Waals surface area contributed by atoms with Gasteiger partial charge in [-0.25, -0.2) is 4.39 Å². The van der Waals surface area contributed by atoms with E-state index in [1.54, 1.807) is 42.8 Å². The third-order valence-electron chi connectivity index (χ3n) is 4.12. The Balaban J connectivity index is 2.49. The third kappa shape index (κ3) is 2.32. The van der Waals surface area contributed by atoms with E-state index >= 15 is 0 Å². The number of carbonyl (C=O) groups is 1. The molecule has 0 saturated heterocycles. The van der Waals surface area contributed by atoms with E-state index in [1.165, 1.54) is 6.07 Å². The van der Waals surface area contributed by atoms with Crippen molar-refractivity contribution in [1.29, 1.82) is 5.26 Å². The van der Waals surface area contributed by atoms with E-state index in [4.69, 9.17) is 17.3 Å². The molecule has 0 aliphatic carbocycles. The van der Waals surface area contributed by atoms with Crippen LogP contribution >= 0.6 is 11.6 Å². The number of carbonyl (C=O) groups excluding carboxylic acids is 1. The van der Waals surface area contributed by atoms with Gasteiger partial charge < -0.3 is 10.3 Å². The number of aromatic nitrogens is 1. The van der Waals surface area contributed by atoms with E-state index in [-0.39, 0.29) is 5.02 Å². The average Bonchev–Trinajstić information content (AvgIpc) is 2.78. The fraction of sp³-hybridized carbons (Fsp3) is 0.111. The van der Waals surface area contributed by atoms with Crippen molar-refractivity contribution in [3.05, 3.63) is 58.0 Å². The van der Waals surface area contributed by atoms with Crippen LogP contribution in [0.2, 0.25) is 5.02 Å². The summed E-state index contributed by atoms with van der Waals surface area (Å²) in [5.74, 6) is -1.08. The fourth-order valence-corrected chi connectivity index (χ4v) is 3.26. The van der Waals surface area contributed by atoms with Gasteiger partial charge in [-0.3, -0.25) is 4.79 Å². The molecule has 1 aromatic heterocycles. The van der Waals surface area contributed by atoms with E-state index in [0.717, 1.165) is 0 Å². The molecule has 0 fully saturated rings. The molecule has 24 heavy (non-hydrogen) atoms. The van der Waals surface area contributed by atoms with Crippen LogP contribution in [0.1, 0.15) is 21.6 Å². The van der Waals surface area contributed by atoms with Crippen molar-refractivity contribution in [3.63, 3.8) is 0 Å². The monoisotopic (exact) mass is 341 g/mol. The maximum absolute atomic E-state index is 14.4. The number of halogens is 2. The lowest BCUT2D eigenvalue weighted by molar-refractivity contribution is 0.0992. The SMILES string of the molecule is Cc1c(C(N)=O)n(C)c2c(-c3ccc(Cl)cc3F)cc(C#N)cc12. The zero-order valence-corrected chi connectivity index (χ0v) is 13.8. The van der Waals surface area contributed by atoms with Gasteiger partial charge in [0.15, 0.2) is 0 Å². The van der Waals surface area contributed by atoms with Gasteiger partial charge >= 0.3 is 0 Å². The molecule has 4 nitrogen and oxygen atoms in total. The van der Waals surface area contributed by atoms with Gasteiger partial charge in [0.05, 0.1) is 17.1 Å². The minimum absolute atomic E-state index is 0.282. The molecule has 0 spiro atoms. The predicted octanol–water partition coefficient (Wildman–Crippen LogP) is 3.92. The molecule has 0 aliphatic rings. The number of hydrogen-bond donors (Lipinski definition) is 1. The van der Waals surface area contributed by atoms with Crippen molar-refractivity contribution >= 4 is 28.4 Å². The molecule has 0 saturated carbocycles. The van der Waals surface area contributed by atoms with Crippen molar-refractivity contribution in [2.45, 2.75) is 6.92 Å². The molecule has 0 radical (unpaired) electrons. The summed E-state index contributed by atoms with van der Waals surface area (Å²) in [6.07, 6.45) is 0. The van der Waals surface area contributed by atoms with Gasteiger partial charge in [0, 0.05) is 28.6 Å². The van der Waals surface area contributed by atoms with Crippen molar-refractivity contribution in [1.82, 2.24) is 4.57 Å². The Hall–Kier alpha value is -2.84. The van der Waals surface area contributed by atoms with Crippen LogP contribution in [-0.4, -0.2) is 10.5 Å². The second-order valence-corrected chi connectivity index (χ2v) is 5.99. The first-order chi connectivity index (χ1) is 11.3. The fourth-order valence-electron chi connectivity index (χ4n) is 3.10. The van der Waals surface area contributed by atoms with Crippen molar-refractivity contribution in [2.24, 2.45) is 12.8 Å². The second-order valence-electron chi connectivity index (χ2n) is 5.55. The lowest BCUT2D eigenvalue weighted by Crippen LogP contribution is -2.16. The van der Waals surface area contributed by atoms with Crippen molar-refractivity contribution < 1.29 is 9.18 Å². The van der Waals surface area contributed by atoms with E-state index < -0.39 is 11.7 Å². The Morgan fingerprint density at radius 1 is 1.29 bits per heavy atom. The summed E-state index contributed by atoms with van der Waals surface area (Å²) < 4.78 is 16.1. The van der Waals surface area contributed by atoms with E-state index in [9.17, 15) is 14.4 Å². The minimum Gasteiger partial charge on any atom is -0.364 e. The van der Waals surface area contributed by atoms with Crippen molar-refractivity contribution in [3.8, 4) is 17.2 Å². The first-order valence-corrected chi connectivity index (χ1v) is 7.51. The molecule has 0 unspecified atom stereocenters. The average molecular weight is 342 g/mol. The molecule has 1 heterocycles. The van der Waals surface area contributed by atoms with Crippen LogP contribution in [0.5, 0.6) is 0 Å². The van der Waals surface area contributed by atoms with Crippen LogP contribution in [0.15, 0.2) is 30.3 Å². The summed E-state index contributed by atoms with van der Waals surface area (Å²) in [6, 6.07) is 9.69. The minimum atomic E-state index is -0.577. The first kappa shape index (κ1) is 16.0. The largest absolute Gasteiger partial charge is 0.364 e. The summed E-state index contributed by atoms with van der Waals surface area (Å²) in [5.41, 5.74) is 8.29. The van der Waals surface area contributed by atoms with Crippen LogP contribution in [0, 0.1) is 24.1 Å². The number of amides is 1. The van der Waals surface area contributed by atoms with Gasteiger partial charge in [-0.15, -0.1) is 0 Å². The number of nitriles is 1. The molecule has 3 aromatic rings. The number of fused-ring (bicyclic) bond motifs is 1. The molecule has 0 aliphatic heterocycles. The number of nitrogens with zero attached hydrogens (tertiary/aromatic N) is 2. The van der Waals surface area contributed by atoms with Gasteiger partial charge in [0.2, 0.25) is 0 Å². The molecule has 2 N–H and O–H groups in total. The smallest absolute Gasteiger partial charge is 0.265 e. The van der Waals surface area contributed by atoms with E-state index in [0.29, 0.717) is 38.9 Å². The number of rotatable bonds is 2. The molecule has 0 bridgehead atoms. The highest BCUT2D eigenvalue weighted by atomic mass is 35.5. The normalized spacial score (nSPS) is 10.8. The predicted molar refractivity (Wildman–Crippen MR) is 91.3 cm³/mol. The lowest BCUT2D eigenvalue weighted by Gasteiger charge is -2.10. The molecular formula is C18H13ClFN3O. The molecular weight excluding hydrogens is 329 g/mol.